The number of aromatic nitrogens is 2. The fourth-order valence-corrected chi connectivity index (χ4v) is 11.8. The van der Waals surface area contributed by atoms with Gasteiger partial charge in [0.05, 0.1) is 45.6 Å². The summed E-state index contributed by atoms with van der Waals surface area (Å²) in [5, 5.41) is 29.7. The molecule has 11 aromatic rings. The van der Waals surface area contributed by atoms with Gasteiger partial charge in [0.25, 0.3) is 0 Å². The number of phenols is 2. The van der Waals surface area contributed by atoms with Crippen molar-refractivity contribution < 1.29 is 33.2 Å². The zero-order valence-corrected chi connectivity index (χ0v) is 51.7. The molecule has 2 N–H and O–H groups in total. The number of phenolic OH excluding ortho intramolecular Hbond substituents is 2. The van der Waals surface area contributed by atoms with E-state index < -0.39 is 23.8 Å². The highest BCUT2D eigenvalue weighted by Crippen LogP contribution is 2.49. The highest BCUT2D eigenvalue weighted by Gasteiger charge is 2.28. The highest BCUT2D eigenvalue weighted by molar-refractivity contribution is 6.11. The lowest BCUT2D eigenvalue weighted by Gasteiger charge is -2.24. The van der Waals surface area contributed by atoms with Crippen LogP contribution in [0.2, 0.25) is 0 Å². The molecule has 0 saturated heterocycles. The van der Waals surface area contributed by atoms with Crippen molar-refractivity contribution in [2.45, 2.75) is 144 Å². The summed E-state index contributed by atoms with van der Waals surface area (Å²) >= 11 is 0. The van der Waals surface area contributed by atoms with Crippen LogP contribution in [0.1, 0.15) is 131 Å². The summed E-state index contributed by atoms with van der Waals surface area (Å²) in [7, 11) is 0. The van der Waals surface area contributed by atoms with Gasteiger partial charge in [-0.25, -0.2) is 8.78 Å². The molecule has 0 bridgehead atoms. The van der Waals surface area contributed by atoms with Gasteiger partial charge < -0.3 is 33.6 Å². The van der Waals surface area contributed by atoms with Gasteiger partial charge in [-0.3, -0.25) is 0 Å². The molecular weight excluding hydrogens is 1060 g/mol. The van der Waals surface area contributed by atoms with Gasteiger partial charge in [0, 0.05) is 56.3 Å². The number of halogens is 2. The van der Waals surface area contributed by atoms with Crippen LogP contribution in [-0.2, 0) is 21.7 Å². The average Bonchev–Trinajstić information content (AvgIpc) is 1.74. The van der Waals surface area contributed by atoms with E-state index in [9.17, 15) is 10.2 Å². The Morgan fingerprint density at radius 3 is 1.14 bits per heavy atom. The molecule has 9 heteroatoms. The Hall–Kier alpha value is -8.56. The summed E-state index contributed by atoms with van der Waals surface area (Å²) < 4.78 is 55.7. The minimum Gasteiger partial charge on any atom is -0.505 e. The number of ether oxygens (including phenoxy) is 3. The molecule has 7 nitrogen and oxygen atoms in total. The maximum absolute atomic E-state index is 15.8. The Bertz CT molecular complexity index is 4250. The molecule has 0 amide bonds. The van der Waals surface area contributed by atoms with Gasteiger partial charge in [-0.15, -0.1) is 0 Å². The van der Waals surface area contributed by atoms with E-state index in [0.29, 0.717) is 63.0 Å². The molecule has 0 aliphatic rings. The Balaban J connectivity index is 0.949. The Kier molecular flexibility index (Phi) is 14.7. The maximum Gasteiger partial charge on any atom is 0.147 e. The van der Waals surface area contributed by atoms with Crippen LogP contribution in [0.25, 0.3) is 77.2 Å². The lowest BCUT2D eigenvalue weighted by atomic mass is 9.85. The summed E-state index contributed by atoms with van der Waals surface area (Å²) in [5.74, 6) is 0.624. The van der Waals surface area contributed by atoms with Gasteiger partial charge in [-0.1, -0.05) is 126 Å². The molecule has 0 saturated carbocycles. The van der Waals surface area contributed by atoms with Crippen molar-refractivity contribution >= 4 is 43.6 Å². The van der Waals surface area contributed by atoms with Crippen molar-refractivity contribution in [3.8, 4) is 68.1 Å². The van der Waals surface area contributed by atoms with E-state index in [4.69, 9.17) is 14.2 Å². The second-order valence-electron chi connectivity index (χ2n) is 27.4. The van der Waals surface area contributed by atoms with Crippen molar-refractivity contribution in [3.63, 3.8) is 0 Å². The fraction of sp³-hybridized carbons (Fsp3) is 0.289. The Labute approximate surface area is 499 Å². The lowest BCUT2D eigenvalue weighted by molar-refractivity contribution is 0.131. The number of benzene rings is 9. The zero-order valence-electron chi connectivity index (χ0n) is 51.7. The number of hydrogen-bond acceptors (Lipinski definition) is 5. The summed E-state index contributed by atoms with van der Waals surface area (Å²) in [6.07, 6.45) is -0.682. The number of nitrogens with zero attached hydrogens (tertiary/aromatic N) is 2. The van der Waals surface area contributed by atoms with E-state index in [1.54, 1.807) is 18.2 Å². The standard InChI is InChI=1S/C76H78F2N2O5/c1-44-33-61(71(81)67(34-44)79-63-27-21-47(73(4,5)6)36-55(63)56-37-48(74(7,8)9)22-28-64(56)79)59-40-51(77)25-31-69(59)83-45(2)35-46(3)84-70-32-26-52(78)41-60(70)62-42-54(85-53-19-17-16-18-20-53)43-68(72(62)82)80-65-29-23-49(75(10,11)12)38-57(65)58-39-50(76(13,14)15)24-30-66(58)80/h16-34,36-43,45-46,81-82H,35H2,1-15H3/t45-,46-/m1/s1. The van der Waals surface area contributed by atoms with Crippen molar-refractivity contribution in [2.24, 2.45) is 0 Å². The molecule has 2 atom stereocenters. The Morgan fingerprint density at radius 2 is 0.765 bits per heavy atom. The third kappa shape index (κ3) is 11.3. The molecule has 0 unspecified atom stereocenters. The number of aromatic hydroxyl groups is 2. The lowest BCUT2D eigenvalue weighted by Crippen LogP contribution is -2.23. The number of para-hydroxylation sites is 1. The molecule has 9 aromatic carbocycles. The van der Waals surface area contributed by atoms with Crippen LogP contribution >= 0.6 is 0 Å². The van der Waals surface area contributed by atoms with Gasteiger partial charge in [0.2, 0.25) is 0 Å². The first-order chi connectivity index (χ1) is 40.0. The molecule has 0 spiro atoms. The topological polar surface area (TPSA) is 78.0 Å². The molecule has 11 rings (SSSR count). The Morgan fingerprint density at radius 1 is 0.400 bits per heavy atom. The summed E-state index contributed by atoms with van der Waals surface area (Å²) in [6.45, 7) is 32.3. The molecule has 2 heterocycles. The fourth-order valence-electron chi connectivity index (χ4n) is 11.8. The number of hydrogen-bond donors (Lipinski definition) is 2. The molecule has 0 fully saturated rings. The van der Waals surface area contributed by atoms with Gasteiger partial charge in [0.1, 0.15) is 46.1 Å². The second-order valence-corrected chi connectivity index (χ2v) is 27.4. The van der Waals surface area contributed by atoms with Crippen molar-refractivity contribution in [1.82, 2.24) is 9.13 Å². The maximum atomic E-state index is 15.8. The third-order valence-electron chi connectivity index (χ3n) is 16.5. The zero-order chi connectivity index (χ0) is 60.8. The van der Waals surface area contributed by atoms with Crippen LogP contribution in [0.4, 0.5) is 8.78 Å². The number of rotatable bonds is 12. The summed E-state index contributed by atoms with van der Waals surface area (Å²) in [4.78, 5) is 0. The van der Waals surface area contributed by atoms with Crippen LogP contribution in [0.15, 0.2) is 164 Å². The molecule has 85 heavy (non-hydrogen) atoms. The van der Waals surface area contributed by atoms with Crippen LogP contribution in [0.5, 0.6) is 34.5 Å². The van der Waals surface area contributed by atoms with E-state index in [0.717, 1.165) is 49.2 Å². The second kappa shape index (κ2) is 21.5. The minimum atomic E-state index is -0.522. The first-order valence-electron chi connectivity index (χ1n) is 29.6. The van der Waals surface area contributed by atoms with E-state index in [1.165, 1.54) is 46.5 Å². The summed E-state index contributed by atoms with van der Waals surface area (Å²) in [5.41, 5.74) is 11.3. The van der Waals surface area contributed by atoms with E-state index >= 15 is 8.78 Å². The van der Waals surface area contributed by atoms with Gasteiger partial charge in [-0.05, 0) is 186 Å². The quantitative estimate of drug-likeness (QED) is 0.127. The summed E-state index contributed by atoms with van der Waals surface area (Å²) in [6, 6.07) is 51.7. The van der Waals surface area contributed by atoms with Crippen molar-refractivity contribution in [3.05, 3.63) is 203 Å². The van der Waals surface area contributed by atoms with E-state index in [-0.39, 0.29) is 33.2 Å². The first-order valence-corrected chi connectivity index (χ1v) is 29.6. The predicted octanol–water partition coefficient (Wildman–Crippen LogP) is 20.8. The largest absolute Gasteiger partial charge is 0.505 e. The molecule has 0 aliphatic carbocycles. The monoisotopic (exact) mass is 1140 g/mol. The SMILES string of the molecule is Cc1cc(-c2cc(F)ccc2O[C@H](C)C[C@@H](C)Oc2ccc(F)cc2-c2cc(Oc3ccccc3)cc(-n3c4ccc(C(C)(C)C)cc4c4cc(C(C)(C)C)ccc43)c2O)c(O)c(-n2c3ccc(C(C)(C)C)cc3c3cc(C(C)(C)C)ccc32)c1. The van der Waals surface area contributed by atoms with Crippen LogP contribution < -0.4 is 14.2 Å². The predicted molar refractivity (Wildman–Crippen MR) is 347 cm³/mol. The van der Waals surface area contributed by atoms with Crippen LogP contribution in [0, 0.1) is 18.6 Å². The smallest absolute Gasteiger partial charge is 0.147 e. The van der Waals surface area contributed by atoms with Gasteiger partial charge in [0.15, 0.2) is 0 Å². The first kappa shape index (κ1) is 58.2. The molecule has 0 radical (unpaired) electrons. The number of aryl methyl sites for hydroxylation is 1. The van der Waals surface area contributed by atoms with Crippen LogP contribution in [-0.4, -0.2) is 31.6 Å². The van der Waals surface area contributed by atoms with E-state index in [2.05, 4.69) is 165 Å². The molecule has 2 aromatic heterocycles. The molecule has 0 aliphatic heterocycles. The molecular formula is C76H78F2N2O5. The van der Waals surface area contributed by atoms with Crippen LogP contribution in [0.3, 0.4) is 0 Å². The highest BCUT2D eigenvalue weighted by atomic mass is 19.1. The third-order valence-corrected chi connectivity index (χ3v) is 16.5. The number of fused-ring (bicyclic) bond motifs is 6. The van der Waals surface area contributed by atoms with Crippen molar-refractivity contribution in [1.29, 1.82) is 0 Å². The normalized spacial score (nSPS) is 13.3. The average molecular weight is 1140 g/mol. The van der Waals surface area contributed by atoms with E-state index in [1.807, 2.05) is 69.3 Å². The van der Waals surface area contributed by atoms with Gasteiger partial charge in [-0.2, -0.15) is 0 Å². The minimum absolute atomic E-state index is 0.0139. The van der Waals surface area contributed by atoms with Gasteiger partial charge >= 0.3 is 0 Å². The van der Waals surface area contributed by atoms with Crippen molar-refractivity contribution in [2.75, 3.05) is 0 Å². The molecule has 436 valence electrons.